The van der Waals surface area contributed by atoms with E-state index in [1.807, 2.05) is 12.1 Å². The Morgan fingerprint density at radius 2 is 1.81 bits per heavy atom. The van der Waals surface area contributed by atoms with Crippen molar-refractivity contribution in [1.29, 1.82) is 0 Å². The molecule has 166 valence electrons. The van der Waals surface area contributed by atoms with Gasteiger partial charge in [-0.15, -0.1) is 0 Å². The highest BCUT2D eigenvalue weighted by molar-refractivity contribution is 6.34. The van der Waals surface area contributed by atoms with Gasteiger partial charge in [-0.05, 0) is 61.6 Å². The van der Waals surface area contributed by atoms with Crippen LogP contribution in [-0.2, 0) is 0 Å². The molecule has 0 saturated heterocycles. The fourth-order valence-electron chi connectivity index (χ4n) is 4.45. The Kier molecular flexibility index (Phi) is 5.93. The molecule has 0 atom stereocenters. The minimum Gasteiger partial charge on any atom is -0.494 e. The zero-order chi connectivity index (χ0) is 23.0. The third-order valence-electron chi connectivity index (χ3n) is 6.11. The van der Waals surface area contributed by atoms with Gasteiger partial charge in [-0.2, -0.15) is 0 Å². The fraction of sp³-hybridized carbons (Fsp3) is 0.292. The van der Waals surface area contributed by atoms with Crippen LogP contribution in [0.3, 0.4) is 0 Å². The minimum absolute atomic E-state index is 0.0526. The SMILES string of the molecule is CC(=O)c1ccc(NC(=O)c2c(O)n(C(N)=O)c3ccc(C4CCCCC4)cc23)c(Cl)c1. The monoisotopic (exact) mass is 453 g/mol. The van der Waals surface area contributed by atoms with E-state index >= 15 is 0 Å². The molecule has 2 aromatic carbocycles. The number of nitrogens with one attached hydrogen (secondary N) is 1. The number of amides is 2. The van der Waals surface area contributed by atoms with Gasteiger partial charge in [0.1, 0.15) is 5.56 Å². The molecule has 2 amide bonds. The first-order chi connectivity index (χ1) is 15.3. The number of fused-ring (bicyclic) bond motifs is 1. The first-order valence-electron chi connectivity index (χ1n) is 10.6. The molecule has 4 N–H and O–H groups in total. The highest BCUT2D eigenvalue weighted by Crippen LogP contribution is 2.38. The van der Waals surface area contributed by atoms with Gasteiger partial charge < -0.3 is 16.2 Å². The van der Waals surface area contributed by atoms with Crippen LogP contribution in [0.15, 0.2) is 36.4 Å². The lowest BCUT2D eigenvalue weighted by atomic mass is 9.83. The highest BCUT2D eigenvalue weighted by atomic mass is 35.5. The van der Waals surface area contributed by atoms with Crippen molar-refractivity contribution < 1.29 is 19.5 Å². The maximum absolute atomic E-state index is 13.2. The Hall–Kier alpha value is -3.32. The summed E-state index contributed by atoms with van der Waals surface area (Å²) in [5, 5.41) is 14.0. The topological polar surface area (TPSA) is 114 Å². The van der Waals surface area contributed by atoms with Gasteiger partial charge in [-0.3, -0.25) is 9.59 Å². The fourth-order valence-corrected chi connectivity index (χ4v) is 4.68. The number of aromatic nitrogens is 1. The predicted octanol–water partition coefficient (Wildman–Crippen LogP) is 5.43. The van der Waals surface area contributed by atoms with Crippen LogP contribution in [0.2, 0.25) is 5.02 Å². The number of Topliss-reactive ketones (excluding diaryl/α,β-unsaturated/α-hetero) is 1. The molecule has 3 aromatic rings. The molecule has 1 fully saturated rings. The molecule has 1 heterocycles. The number of aromatic hydroxyl groups is 1. The average molecular weight is 454 g/mol. The Morgan fingerprint density at radius 3 is 2.44 bits per heavy atom. The number of primary amides is 1. The molecular weight excluding hydrogens is 430 g/mol. The number of nitrogens with two attached hydrogens (primary N) is 1. The first-order valence-corrected chi connectivity index (χ1v) is 10.9. The summed E-state index contributed by atoms with van der Waals surface area (Å²) in [4.78, 5) is 36.7. The maximum Gasteiger partial charge on any atom is 0.326 e. The van der Waals surface area contributed by atoms with E-state index < -0.39 is 17.8 Å². The van der Waals surface area contributed by atoms with Gasteiger partial charge in [0.05, 0.1) is 16.2 Å². The van der Waals surface area contributed by atoms with E-state index in [0.717, 1.165) is 35.8 Å². The molecule has 0 bridgehead atoms. The third-order valence-corrected chi connectivity index (χ3v) is 6.43. The van der Waals surface area contributed by atoms with Gasteiger partial charge in [-0.25, -0.2) is 9.36 Å². The third kappa shape index (κ3) is 3.96. The highest BCUT2D eigenvalue weighted by Gasteiger charge is 2.27. The Labute approximate surface area is 190 Å². The van der Waals surface area contributed by atoms with E-state index in [0.29, 0.717) is 22.4 Å². The van der Waals surface area contributed by atoms with E-state index in [1.165, 1.54) is 25.5 Å². The largest absolute Gasteiger partial charge is 0.494 e. The summed E-state index contributed by atoms with van der Waals surface area (Å²) in [7, 11) is 0. The molecular formula is C24H24ClN3O4. The molecule has 32 heavy (non-hydrogen) atoms. The molecule has 1 saturated carbocycles. The number of carbonyl (C=O) groups excluding carboxylic acids is 3. The molecule has 0 radical (unpaired) electrons. The summed E-state index contributed by atoms with van der Waals surface area (Å²) in [6.45, 7) is 1.42. The number of rotatable bonds is 4. The van der Waals surface area contributed by atoms with E-state index in [2.05, 4.69) is 5.32 Å². The average Bonchev–Trinajstić information content (AvgIpc) is 3.06. The van der Waals surface area contributed by atoms with E-state index in [9.17, 15) is 19.5 Å². The number of hydrogen-bond donors (Lipinski definition) is 3. The number of carbonyl (C=O) groups is 3. The van der Waals surface area contributed by atoms with Crippen LogP contribution in [0.5, 0.6) is 5.88 Å². The lowest BCUT2D eigenvalue weighted by Crippen LogP contribution is -2.19. The number of hydrogen-bond acceptors (Lipinski definition) is 4. The van der Waals surface area contributed by atoms with Crippen molar-refractivity contribution in [3.05, 3.63) is 58.1 Å². The standard InChI is InChI=1S/C24H24ClN3O4/c1-13(29)15-7-9-19(18(25)12-15)27-22(30)21-17-11-16(14-5-3-2-4-6-14)8-10-20(17)28(23(21)31)24(26)32/h7-12,14,31H,2-6H2,1H3,(H2,26,32)(H,27,30). The van der Waals surface area contributed by atoms with Crippen molar-refractivity contribution >= 4 is 45.9 Å². The summed E-state index contributed by atoms with van der Waals surface area (Å²) < 4.78 is 0.926. The molecule has 1 aromatic heterocycles. The Balaban J connectivity index is 1.77. The van der Waals surface area contributed by atoms with Gasteiger partial charge in [0.15, 0.2) is 5.78 Å². The van der Waals surface area contributed by atoms with E-state index in [-0.39, 0.29) is 22.1 Å². The van der Waals surface area contributed by atoms with Crippen LogP contribution in [0.4, 0.5) is 10.5 Å². The zero-order valence-corrected chi connectivity index (χ0v) is 18.4. The summed E-state index contributed by atoms with van der Waals surface area (Å²) in [6, 6.07) is 9.16. The Bertz CT molecular complexity index is 1240. The maximum atomic E-state index is 13.2. The second-order valence-electron chi connectivity index (χ2n) is 8.19. The molecule has 4 rings (SSSR count). The van der Waals surface area contributed by atoms with Crippen LogP contribution in [0.25, 0.3) is 10.9 Å². The van der Waals surface area contributed by atoms with E-state index in [4.69, 9.17) is 17.3 Å². The zero-order valence-electron chi connectivity index (χ0n) is 17.7. The van der Waals surface area contributed by atoms with Crippen molar-refractivity contribution in [3.63, 3.8) is 0 Å². The number of nitrogens with zero attached hydrogens (tertiary/aromatic N) is 1. The van der Waals surface area contributed by atoms with Crippen LogP contribution in [0, 0.1) is 0 Å². The second kappa shape index (κ2) is 8.67. The molecule has 7 nitrogen and oxygen atoms in total. The van der Waals surface area contributed by atoms with Gasteiger partial charge in [0.2, 0.25) is 5.88 Å². The summed E-state index contributed by atoms with van der Waals surface area (Å²) in [5.41, 5.74) is 7.55. The summed E-state index contributed by atoms with van der Waals surface area (Å²) in [6.07, 6.45) is 5.65. The van der Waals surface area contributed by atoms with Crippen LogP contribution in [-0.4, -0.2) is 27.4 Å². The Morgan fingerprint density at radius 1 is 1.09 bits per heavy atom. The van der Waals surface area contributed by atoms with Crippen molar-refractivity contribution in [3.8, 4) is 5.88 Å². The molecule has 0 unspecified atom stereocenters. The smallest absolute Gasteiger partial charge is 0.326 e. The number of ketones is 1. The normalized spacial score (nSPS) is 14.4. The van der Waals surface area contributed by atoms with Crippen LogP contribution in [0.1, 0.15) is 71.2 Å². The van der Waals surface area contributed by atoms with Gasteiger partial charge in [0.25, 0.3) is 5.91 Å². The van der Waals surface area contributed by atoms with Crippen molar-refractivity contribution in [2.45, 2.75) is 44.9 Å². The summed E-state index contributed by atoms with van der Waals surface area (Å²) in [5.74, 6) is -0.938. The lowest BCUT2D eigenvalue weighted by Gasteiger charge is -2.22. The first kappa shape index (κ1) is 21.9. The lowest BCUT2D eigenvalue weighted by molar-refractivity contribution is 0.101. The van der Waals surface area contributed by atoms with Gasteiger partial charge in [-0.1, -0.05) is 36.9 Å². The summed E-state index contributed by atoms with van der Waals surface area (Å²) >= 11 is 6.24. The van der Waals surface area contributed by atoms with Crippen molar-refractivity contribution in [2.24, 2.45) is 5.73 Å². The second-order valence-corrected chi connectivity index (χ2v) is 8.60. The number of halogens is 1. The van der Waals surface area contributed by atoms with Crippen molar-refractivity contribution in [1.82, 2.24) is 4.57 Å². The van der Waals surface area contributed by atoms with E-state index in [1.54, 1.807) is 12.1 Å². The minimum atomic E-state index is -0.888. The number of benzene rings is 2. The van der Waals surface area contributed by atoms with Gasteiger partial charge in [0, 0.05) is 10.9 Å². The predicted molar refractivity (Wildman–Crippen MR) is 124 cm³/mol. The molecule has 1 aliphatic carbocycles. The van der Waals surface area contributed by atoms with Crippen LogP contribution < -0.4 is 11.1 Å². The van der Waals surface area contributed by atoms with Gasteiger partial charge >= 0.3 is 6.03 Å². The van der Waals surface area contributed by atoms with Crippen LogP contribution >= 0.6 is 11.6 Å². The quantitative estimate of drug-likeness (QED) is 0.457. The molecule has 0 spiro atoms. The molecule has 0 aliphatic heterocycles. The molecule has 8 heteroatoms. The van der Waals surface area contributed by atoms with Crippen molar-refractivity contribution in [2.75, 3.05) is 5.32 Å². The molecule has 1 aliphatic rings. The number of anilines is 1.